The van der Waals surface area contributed by atoms with Crippen LogP contribution in [0.2, 0.25) is 0 Å². The summed E-state index contributed by atoms with van der Waals surface area (Å²) in [6.45, 7) is 5.88. The van der Waals surface area contributed by atoms with Gasteiger partial charge in [-0.3, -0.25) is 4.79 Å². The van der Waals surface area contributed by atoms with Crippen molar-refractivity contribution in [1.82, 2.24) is 0 Å². The fraction of sp³-hybridized carbons (Fsp3) is 0.682. The monoisotopic (exact) mass is 356 g/mol. The Hall–Kier alpha value is -1.39. The van der Waals surface area contributed by atoms with Crippen molar-refractivity contribution in [1.29, 1.82) is 0 Å². The first-order chi connectivity index (χ1) is 12.5. The summed E-state index contributed by atoms with van der Waals surface area (Å²) in [6.07, 6.45) is 3.60. The van der Waals surface area contributed by atoms with Crippen molar-refractivity contribution < 1.29 is 19.0 Å². The molecule has 4 aliphatic rings. The van der Waals surface area contributed by atoms with E-state index in [2.05, 4.69) is 26.0 Å². The van der Waals surface area contributed by atoms with Crippen LogP contribution in [0.5, 0.6) is 5.75 Å². The molecule has 3 fully saturated rings. The fourth-order valence-corrected chi connectivity index (χ4v) is 6.74. The minimum Gasteiger partial charge on any atom is -0.497 e. The van der Waals surface area contributed by atoms with Gasteiger partial charge in [-0.2, -0.15) is 0 Å². The van der Waals surface area contributed by atoms with Gasteiger partial charge in [0.1, 0.15) is 11.5 Å². The lowest BCUT2D eigenvalue weighted by atomic mass is 9.52. The van der Waals surface area contributed by atoms with Gasteiger partial charge >= 0.3 is 0 Å². The van der Waals surface area contributed by atoms with Gasteiger partial charge in [0, 0.05) is 24.2 Å². The van der Waals surface area contributed by atoms with Gasteiger partial charge in [0.2, 0.25) is 0 Å². The SMILES string of the molecule is COc1ccc2c(c1)C[C@@H](C)C1C2C(=O)CC2(C)C1CCC21OCCO1. The Morgan fingerprint density at radius 1 is 1.23 bits per heavy atom. The van der Waals surface area contributed by atoms with Crippen molar-refractivity contribution in [2.75, 3.05) is 20.3 Å². The Labute approximate surface area is 155 Å². The number of benzene rings is 1. The predicted octanol–water partition coefficient (Wildman–Crippen LogP) is 3.72. The van der Waals surface area contributed by atoms with Crippen LogP contribution in [-0.2, 0) is 20.7 Å². The second-order valence-corrected chi connectivity index (χ2v) is 8.96. The molecule has 1 spiro atoms. The highest BCUT2D eigenvalue weighted by Gasteiger charge is 2.67. The maximum atomic E-state index is 13.4. The summed E-state index contributed by atoms with van der Waals surface area (Å²) < 4.78 is 17.7. The highest BCUT2D eigenvalue weighted by molar-refractivity contribution is 5.89. The van der Waals surface area contributed by atoms with Crippen molar-refractivity contribution in [3.05, 3.63) is 29.3 Å². The molecule has 0 aromatic heterocycles. The third-order valence-corrected chi connectivity index (χ3v) is 7.85. The molecular weight excluding hydrogens is 328 g/mol. The topological polar surface area (TPSA) is 44.8 Å². The quantitative estimate of drug-likeness (QED) is 0.769. The maximum Gasteiger partial charge on any atom is 0.174 e. The molecule has 3 aliphatic carbocycles. The van der Waals surface area contributed by atoms with E-state index in [-0.39, 0.29) is 11.3 Å². The van der Waals surface area contributed by atoms with Gasteiger partial charge < -0.3 is 14.2 Å². The number of ketones is 1. The zero-order valence-electron chi connectivity index (χ0n) is 15.9. The smallest absolute Gasteiger partial charge is 0.174 e. The number of carbonyl (C=O) groups excluding carboxylic acids is 1. The van der Waals surface area contributed by atoms with Crippen molar-refractivity contribution in [3.8, 4) is 5.75 Å². The summed E-state index contributed by atoms with van der Waals surface area (Å²) in [5.74, 6) is 2.09. The number of rotatable bonds is 1. The van der Waals surface area contributed by atoms with Crippen molar-refractivity contribution in [2.24, 2.45) is 23.2 Å². The van der Waals surface area contributed by atoms with Gasteiger partial charge in [0.05, 0.1) is 20.3 Å². The highest BCUT2D eigenvalue weighted by atomic mass is 16.7. The number of hydrogen-bond donors (Lipinski definition) is 0. The Morgan fingerprint density at radius 3 is 2.73 bits per heavy atom. The molecule has 5 atom stereocenters. The number of fused-ring (bicyclic) bond motifs is 6. The summed E-state index contributed by atoms with van der Waals surface area (Å²) >= 11 is 0. The predicted molar refractivity (Wildman–Crippen MR) is 97.2 cm³/mol. The molecule has 4 unspecified atom stereocenters. The third-order valence-electron chi connectivity index (χ3n) is 7.85. The Morgan fingerprint density at radius 2 is 2.00 bits per heavy atom. The second-order valence-electron chi connectivity index (χ2n) is 8.96. The number of ether oxygens (including phenoxy) is 3. The summed E-state index contributed by atoms with van der Waals surface area (Å²) in [5.41, 5.74) is 2.33. The molecule has 2 saturated carbocycles. The van der Waals surface area contributed by atoms with Crippen LogP contribution in [0.1, 0.15) is 50.2 Å². The number of carbonyl (C=O) groups is 1. The molecule has 4 heteroatoms. The van der Waals surface area contributed by atoms with E-state index in [9.17, 15) is 4.79 Å². The van der Waals surface area contributed by atoms with Crippen LogP contribution in [0.4, 0.5) is 0 Å². The van der Waals surface area contributed by atoms with E-state index in [1.54, 1.807) is 7.11 Å². The first-order valence-electron chi connectivity index (χ1n) is 9.96. The summed E-state index contributed by atoms with van der Waals surface area (Å²) in [5, 5.41) is 0. The molecule has 1 aromatic rings. The average molecular weight is 356 g/mol. The van der Waals surface area contributed by atoms with Crippen LogP contribution in [0.25, 0.3) is 0 Å². The molecule has 0 radical (unpaired) electrons. The molecule has 0 N–H and O–H groups in total. The maximum absolute atomic E-state index is 13.4. The van der Waals surface area contributed by atoms with E-state index in [4.69, 9.17) is 14.2 Å². The van der Waals surface area contributed by atoms with Gasteiger partial charge in [0.25, 0.3) is 0 Å². The van der Waals surface area contributed by atoms with Crippen molar-refractivity contribution in [3.63, 3.8) is 0 Å². The Bertz CT molecular complexity index is 751. The minimum absolute atomic E-state index is 0.0225. The molecule has 1 aromatic carbocycles. The lowest BCUT2D eigenvalue weighted by Crippen LogP contribution is -2.55. The molecule has 4 nitrogen and oxygen atoms in total. The first kappa shape index (κ1) is 16.8. The van der Waals surface area contributed by atoms with E-state index >= 15 is 0 Å². The van der Waals surface area contributed by atoms with E-state index in [0.717, 1.165) is 25.0 Å². The largest absolute Gasteiger partial charge is 0.497 e. The molecule has 5 rings (SSSR count). The number of methoxy groups -OCH3 is 1. The molecule has 1 heterocycles. The molecule has 1 saturated heterocycles. The van der Waals surface area contributed by atoms with Gasteiger partial charge in [-0.1, -0.05) is 19.9 Å². The Balaban J connectivity index is 1.58. The van der Waals surface area contributed by atoms with Crippen LogP contribution in [0.15, 0.2) is 18.2 Å². The molecule has 140 valence electrons. The lowest BCUT2D eigenvalue weighted by Gasteiger charge is -2.53. The van der Waals surface area contributed by atoms with Crippen molar-refractivity contribution in [2.45, 2.75) is 51.2 Å². The molecule has 26 heavy (non-hydrogen) atoms. The normalized spacial score (nSPS) is 40.2. The van der Waals surface area contributed by atoms with Crippen molar-refractivity contribution >= 4 is 5.78 Å². The zero-order chi connectivity index (χ0) is 18.1. The molecule has 0 amide bonds. The fourth-order valence-electron chi connectivity index (χ4n) is 6.74. The van der Waals surface area contributed by atoms with Crippen LogP contribution < -0.4 is 4.74 Å². The van der Waals surface area contributed by atoms with E-state index in [0.29, 0.717) is 43.2 Å². The van der Waals surface area contributed by atoms with Gasteiger partial charge in [0.15, 0.2) is 5.79 Å². The Kier molecular flexibility index (Phi) is 3.58. The molecule has 1 aliphatic heterocycles. The van der Waals surface area contributed by atoms with E-state index in [1.807, 2.05) is 6.07 Å². The lowest BCUT2D eigenvalue weighted by molar-refractivity contribution is -0.235. The van der Waals surface area contributed by atoms with Crippen LogP contribution in [0, 0.1) is 23.2 Å². The summed E-state index contributed by atoms with van der Waals surface area (Å²) in [4.78, 5) is 13.4. The van der Waals surface area contributed by atoms with E-state index in [1.165, 1.54) is 11.1 Å². The summed E-state index contributed by atoms with van der Waals surface area (Å²) in [7, 11) is 1.70. The highest BCUT2D eigenvalue weighted by Crippen LogP contribution is 2.66. The number of Topliss-reactive ketones (excluding diaryl/α,β-unsaturated/α-hetero) is 1. The van der Waals surface area contributed by atoms with Gasteiger partial charge in [-0.15, -0.1) is 0 Å². The standard InChI is InChI=1S/C22H28O4/c1-13-10-14-11-15(24-3)4-5-16(14)20-18(23)12-21(2)17(19(13)20)6-7-22(21)25-8-9-26-22/h4-5,11,13,17,19-20H,6-10,12H2,1-3H3/t13-,17?,19?,20?,21?/m1/s1. The van der Waals surface area contributed by atoms with Crippen LogP contribution in [-0.4, -0.2) is 31.9 Å². The van der Waals surface area contributed by atoms with E-state index < -0.39 is 5.79 Å². The molecule has 0 bridgehead atoms. The summed E-state index contributed by atoms with van der Waals surface area (Å²) in [6, 6.07) is 6.26. The van der Waals surface area contributed by atoms with Gasteiger partial charge in [-0.25, -0.2) is 0 Å². The number of hydrogen-bond acceptors (Lipinski definition) is 4. The van der Waals surface area contributed by atoms with Crippen LogP contribution >= 0.6 is 0 Å². The van der Waals surface area contributed by atoms with Gasteiger partial charge in [-0.05, 0) is 53.9 Å². The first-order valence-corrected chi connectivity index (χ1v) is 9.96. The average Bonchev–Trinajstić information content (AvgIpc) is 3.21. The zero-order valence-corrected chi connectivity index (χ0v) is 15.9. The molecular formula is C22H28O4. The third kappa shape index (κ3) is 2.00. The minimum atomic E-state index is -0.530. The van der Waals surface area contributed by atoms with Crippen LogP contribution in [0.3, 0.4) is 0 Å². The second kappa shape index (κ2) is 5.56.